The number of ether oxygens (including phenoxy) is 1. The lowest BCUT2D eigenvalue weighted by Crippen LogP contribution is -2.47. The molecule has 3 amide bonds. The molecule has 2 aliphatic rings. The average molecular weight is 394 g/mol. The Morgan fingerprint density at radius 1 is 1.30 bits per heavy atom. The molecule has 0 aromatic carbocycles. The van der Waals surface area contributed by atoms with Gasteiger partial charge in [0.2, 0.25) is 11.8 Å². The smallest absolute Gasteiger partial charge is 0.262 e. The minimum atomic E-state index is -0.694. The van der Waals surface area contributed by atoms with Crippen molar-refractivity contribution in [3.05, 3.63) is 21.4 Å². The van der Waals surface area contributed by atoms with E-state index in [9.17, 15) is 14.4 Å². The first-order valence-corrected chi connectivity index (χ1v) is 10.2. The van der Waals surface area contributed by atoms with Crippen molar-refractivity contribution in [2.45, 2.75) is 51.7 Å². The molecular weight excluding hydrogens is 366 g/mol. The number of nitrogens with two attached hydrogens (primary N) is 1. The van der Waals surface area contributed by atoms with Crippen LogP contribution in [0.3, 0.4) is 0 Å². The maximum absolute atomic E-state index is 12.7. The average Bonchev–Trinajstić information content (AvgIpc) is 3.05. The summed E-state index contributed by atoms with van der Waals surface area (Å²) in [5.74, 6) is -0.802. The number of primary amides is 1. The van der Waals surface area contributed by atoms with Gasteiger partial charge in [0.15, 0.2) is 0 Å². The number of amides is 3. The van der Waals surface area contributed by atoms with Gasteiger partial charge in [0, 0.05) is 31.3 Å². The monoisotopic (exact) mass is 393 g/mol. The number of carbonyl (C=O) groups excluding carboxylic acids is 3. The molecule has 3 N–H and O–H groups in total. The van der Waals surface area contributed by atoms with Crippen LogP contribution in [0.2, 0.25) is 0 Å². The first kappa shape index (κ1) is 19.8. The van der Waals surface area contributed by atoms with E-state index in [1.54, 1.807) is 6.92 Å². The van der Waals surface area contributed by atoms with Crippen molar-refractivity contribution >= 4 is 29.1 Å². The Labute approximate surface area is 163 Å². The summed E-state index contributed by atoms with van der Waals surface area (Å²) in [7, 11) is 0. The molecule has 7 nitrogen and oxygen atoms in total. The van der Waals surface area contributed by atoms with Gasteiger partial charge in [0.05, 0.1) is 17.1 Å². The van der Waals surface area contributed by atoms with E-state index in [0.717, 1.165) is 29.7 Å². The molecule has 0 bridgehead atoms. The van der Waals surface area contributed by atoms with E-state index in [1.165, 1.54) is 11.3 Å². The molecule has 0 saturated carbocycles. The molecule has 0 unspecified atom stereocenters. The Morgan fingerprint density at radius 3 is 2.52 bits per heavy atom. The fourth-order valence-corrected chi connectivity index (χ4v) is 5.04. The molecule has 8 heteroatoms. The fourth-order valence-electron chi connectivity index (χ4n) is 3.90. The zero-order valence-electron chi connectivity index (χ0n) is 16.0. The highest BCUT2D eigenvalue weighted by Crippen LogP contribution is 2.44. The molecule has 1 saturated heterocycles. The summed E-state index contributed by atoms with van der Waals surface area (Å²) in [5.41, 5.74) is 6.05. The second-order valence-electron chi connectivity index (χ2n) is 7.64. The standard InChI is InChI=1S/C19H27N3O4S/c1-11(2)16(17(20)24)21-18(25)15-10-13-14(27-15)4-9-26-19(13)5-7-22(8-6-19)12(3)23/h10-11,16H,4-9H2,1-3H3,(H2,20,24)(H,21,25)/t16-/m0/s1. The number of hydrogen-bond acceptors (Lipinski definition) is 5. The molecule has 1 spiro atoms. The lowest BCUT2D eigenvalue weighted by molar-refractivity contribution is -0.138. The predicted octanol–water partition coefficient (Wildman–Crippen LogP) is 1.40. The quantitative estimate of drug-likeness (QED) is 0.807. The molecular formula is C19H27N3O4S. The van der Waals surface area contributed by atoms with Crippen LogP contribution in [0.4, 0.5) is 0 Å². The van der Waals surface area contributed by atoms with Gasteiger partial charge in [-0.05, 0) is 30.4 Å². The zero-order valence-corrected chi connectivity index (χ0v) is 16.9. The summed E-state index contributed by atoms with van der Waals surface area (Å²) < 4.78 is 6.17. The van der Waals surface area contributed by atoms with Gasteiger partial charge in [0.25, 0.3) is 5.91 Å². The van der Waals surface area contributed by atoms with Crippen molar-refractivity contribution in [3.63, 3.8) is 0 Å². The molecule has 1 fully saturated rings. The highest BCUT2D eigenvalue weighted by atomic mass is 32.1. The highest BCUT2D eigenvalue weighted by molar-refractivity contribution is 7.14. The van der Waals surface area contributed by atoms with Gasteiger partial charge in [-0.15, -0.1) is 11.3 Å². The van der Waals surface area contributed by atoms with Crippen LogP contribution in [0.1, 0.15) is 53.7 Å². The molecule has 0 radical (unpaired) electrons. The van der Waals surface area contributed by atoms with Crippen molar-refractivity contribution in [1.29, 1.82) is 0 Å². The number of piperidine rings is 1. The SMILES string of the molecule is CC(=O)N1CCC2(CC1)OCCc1sc(C(=O)N[C@H](C(N)=O)C(C)C)cc12. The van der Waals surface area contributed by atoms with E-state index >= 15 is 0 Å². The topological polar surface area (TPSA) is 102 Å². The lowest BCUT2D eigenvalue weighted by Gasteiger charge is -2.43. The normalized spacial score (nSPS) is 19.6. The third kappa shape index (κ3) is 3.87. The zero-order chi connectivity index (χ0) is 19.8. The second kappa shape index (κ2) is 7.59. The predicted molar refractivity (Wildman–Crippen MR) is 102 cm³/mol. The minimum Gasteiger partial charge on any atom is -0.370 e. The third-order valence-corrected chi connectivity index (χ3v) is 6.70. The number of thiophene rings is 1. The van der Waals surface area contributed by atoms with Gasteiger partial charge >= 0.3 is 0 Å². The van der Waals surface area contributed by atoms with Crippen LogP contribution in [0, 0.1) is 5.92 Å². The van der Waals surface area contributed by atoms with Gasteiger partial charge in [-0.25, -0.2) is 0 Å². The van der Waals surface area contributed by atoms with Crippen molar-refractivity contribution in [3.8, 4) is 0 Å². The fraction of sp³-hybridized carbons (Fsp3) is 0.632. The molecule has 148 valence electrons. The van der Waals surface area contributed by atoms with Gasteiger partial charge < -0.3 is 20.7 Å². The number of rotatable bonds is 4. The van der Waals surface area contributed by atoms with Crippen LogP contribution in [-0.2, 0) is 26.3 Å². The van der Waals surface area contributed by atoms with Crippen LogP contribution in [0.15, 0.2) is 6.07 Å². The van der Waals surface area contributed by atoms with E-state index in [-0.39, 0.29) is 17.7 Å². The van der Waals surface area contributed by atoms with Crippen molar-refractivity contribution < 1.29 is 19.1 Å². The largest absolute Gasteiger partial charge is 0.370 e. The summed E-state index contributed by atoms with van der Waals surface area (Å²) in [6, 6.07) is 1.21. The van der Waals surface area contributed by atoms with E-state index < -0.39 is 17.6 Å². The van der Waals surface area contributed by atoms with Crippen molar-refractivity contribution in [1.82, 2.24) is 10.2 Å². The van der Waals surface area contributed by atoms with Gasteiger partial charge in [0.1, 0.15) is 6.04 Å². The number of nitrogens with zero attached hydrogens (tertiary/aromatic N) is 1. The summed E-state index contributed by atoms with van der Waals surface area (Å²) in [4.78, 5) is 39.5. The molecule has 3 heterocycles. The highest BCUT2D eigenvalue weighted by Gasteiger charge is 2.42. The number of fused-ring (bicyclic) bond motifs is 2. The first-order chi connectivity index (χ1) is 12.7. The molecule has 1 aromatic rings. The van der Waals surface area contributed by atoms with Crippen LogP contribution >= 0.6 is 11.3 Å². The maximum atomic E-state index is 12.7. The molecule has 2 aliphatic heterocycles. The van der Waals surface area contributed by atoms with E-state index in [0.29, 0.717) is 24.6 Å². The lowest BCUT2D eigenvalue weighted by atomic mass is 9.82. The summed E-state index contributed by atoms with van der Waals surface area (Å²) in [6.45, 7) is 7.21. The Morgan fingerprint density at radius 2 is 1.96 bits per heavy atom. The van der Waals surface area contributed by atoms with E-state index in [2.05, 4.69) is 5.32 Å². The molecule has 1 atom stereocenters. The summed E-state index contributed by atoms with van der Waals surface area (Å²) in [5, 5.41) is 2.76. The van der Waals surface area contributed by atoms with Gasteiger partial charge in [-0.1, -0.05) is 13.8 Å². The van der Waals surface area contributed by atoms with Crippen LogP contribution in [0.25, 0.3) is 0 Å². The van der Waals surface area contributed by atoms with Gasteiger partial charge in [-0.3, -0.25) is 14.4 Å². The van der Waals surface area contributed by atoms with Crippen LogP contribution < -0.4 is 11.1 Å². The van der Waals surface area contributed by atoms with Crippen molar-refractivity contribution in [2.75, 3.05) is 19.7 Å². The Hall–Kier alpha value is -1.93. The number of hydrogen-bond donors (Lipinski definition) is 2. The Bertz CT molecular complexity index is 750. The van der Waals surface area contributed by atoms with E-state index in [1.807, 2.05) is 24.8 Å². The Balaban J connectivity index is 1.81. The summed E-state index contributed by atoms with van der Waals surface area (Å²) in [6.07, 6.45) is 2.23. The molecule has 0 aliphatic carbocycles. The van der Waals surface area contributed by atoms with Crippen molar-refractivity contribution in [2.24, 2.45) is 11.7 Å². The number of nitrogens with one attached hydrogen (secondary N) is 1. The number of carbonyl (C=O) groups is 3. The Kier molecular flexibility index (Phi) is 5.58. The van der Waals surface area contributed by atoms with Gasteiger partial charge in [-0.2, -0.15) is 0 Å². The third-order valence-electron chi connectivity index (χ3n) is 5.51. The van der Waals surface area contributed by atoms with Crippen LogP contribution in [-0.4, -0.2) is 48.4 Å². The minimum absolute atomic E-state index is 0.0772. The molecule has 1 aromatic heterocycles. The van der Waals surface area contributed by atoms with Crippen LogP contribution in [0.5, 0.6) is 0 Å². The first-order valence-electron chi connectivity index (χ1n) is 9.36. The maximum Gasteiger partial charge on any atom is 0.262 e. The number of likely N-dealkylation sites (tertiary alicyclic amines) is 1. The molecule has 27 heavy (non-hydrogen) atoms. The summed E-state index contributed by atoms with van der Waals surface area (Å²) >= 11 is 1.46. The second-order valence-corrected chi connectivity index (χ2v) is 8.78. The van der Waals surface area contributed by atoms with E-state index in [4.69, 9.17) is 10.5 Å². The molecule has 3 rings (SSSR count).